The van der Waals surface area contributed by atoms with Gasteiger partial charge in [-0.2, -0.15) is 15.4 Å². The van der Waals surface area contributed by atoms with Gasteiger partial charge in [-0.15, -0.1) is 0 Å². The van der Waals surface area contributed by atoms with E-state index in [-0.39, 0.29) is 5.69 Å². The van der Waals surface area contributed by atoms with Crippen LogP contribution in [0.1, 0.15) is 10.5 Å². The first-order valence-electron chi connectivity index (χ1n) is 5.57. The minimum atomic E-state index is -0.752. The van der Waals surface area contributed by atoms with E-state index in [2.05, 4.69) is 30.7 Å². The van der Waals surface area contributed by atoms with Gasteiger partial charge in [-0.25, -0.2) is 0 Å². The molecule has 1 aromatic carbocycles. The Bertz CT molecular complexity index is 892. The molecule has 20 heavy (non-hydrogen) atoms. The summed E-state index contributed by atoms with van der Waals surface area (Å²) in [5.41, 5.74) is -0.00999. The smallest absolute Gasteiger partial charge is 0.314 e. The first-order valence-corrected chi connectivity index (χ1v) is 5.57. The van der Waals surface area contributed by atoms with Crippen LogP contribution >= 0.6 is 0 Å². The van der Waals surface area contributed by atoms with Crippen molar-refractivity contribution in [3.05, 3.63) is 50.8 Å². The highest BCUT2D eigenvalue weighted by Crippen LogP contribution is 2.14. The summed E-state index contributed by atoms with van der Waals surface area (Å²) in [6.45, 7) is 0. The maximum atomic E-state index is 11.8. The lowest BCUT2D eigenvalue weighted by atomic mass is 10.2. The van der Waals surface area contributed by atoms with E-state index in [9.17, 15) is 14.4 Å². The Kier molecular flexibility index (Phi) is 2.64. The molecule has 0 aliphatic rings. The predicted molar refractivity (Wildman–Crippen MR) is 69.5 cm³/mol. The quantitative estimate of drug-likeness (QED) is 0.470. The average Bonchev–Trinajstić information content (AvgIpc) is 2.94. The fraction of sp³-hybridized carbons (Fsp3) is 0. The number of amides is 1. The van der Waals surface area contributed by atoms with Crippen molar-refractivity contribution >= 4 is 22.6 Å². The SMILES string of the molecule is O=C(Nc1ccc2[nH]c(=O)c(=O)[nH]c2c1)c1cn[nH]n1. The van der Waals surface area contributed by atoms with Gasteiger partial charge in [0.25, 0.3) is 5.91 Å². The summed E-state index contributed by atoms with van der Waals surface area (Å²) < 4.78 is 0. The second kappa shape index (κ2) is 4.46. The van der Waals surface area contributed by atoms with Gasteiger partial charge >= 0.3 is 11.1 Å². The molecule has 3 rings (SSSR count). The van der Waals surface area contributed by atoms with Crippen molar-refractivity contribution in [2.75, 3.05) is 5.32 Å². The number of rotatable bonds is 2. The molecule has 0 bridgehead atoms. The van der Waals surface area contributed by atoms with Crippen LogP contribution in [0.5, 0.6) is 0 Å². The Morgan fingerprint density at radius 2 is 1.85 bits per heavy atom. The molecule has 9 nitrogen and oxygen atoms in total. The monoisotopic (exact) mass is 272 g/mol. The summed E-state index contributed by atoms with van der Waals surface area (Å²) in [6.07, 6.45) is 1.29. The number of anilines is 1. The lowest BCUT2D eigenvalue weighted by molar-refractivity contribution is 0.102. The molecule has 0 aliphatic carbocycles. The van der Waals surface area contributed by atoms with Crippen molar-refractivity contribution in [3.8, 4) is 0 Å². The van der Waals surface area contributed by atoms with Crippen LogP contribution < -0.4 is 16.4 Å². The summed E-state index contributed by atoms with van der Waals surface area (Å²) in [6, 6.07) is 4.70. The summed E-state index contributed by atoms with van der Waals surface area (Å²) in [4.78, 5) is 39.0. The van der Waals surface area contributed by atoms with Gasteiger partial charge in [0.15, 0.2) is 5.69 Å². The van der Waals surface area contributed by atoms with Gasteiger partial charge in [-0.1, -0.05) is 0 Å². The van der Waals surface area contributed by atoms with E-state index in [1.54, 1.807) is 12.1 Å². The van der Waals surface area contributed by atoms with E-state index in [4.69, 9.17) is 0 Å². The first kappa shape index (κ1) is 11.8. The van der Waals surface area contributed by atoms with E-state index in [1.807, 2.05) is 0 Å². The zero-order valence-electron chi connectivity index (χ0n) is 9.93. The fourth-order valence-corrected chi connectivity index (χ4v) is 1.70. The molecule has 0 fully saturated rings. The minimum Gasteiger partial charge on any atom is -0.320 e. The minimum absolute atomic E-state index is 0.139. The van der Waals surface area contributed by atoms with Crippen molar-refractivity contribution in [2.45, 2.75) is 0 Å². The first-order chi connectivity index (χ1) is 9.63. The maximum absolute atomic E-state index is 11.8. The highest BCUT2D eigenvalue weighted by Gasteiger charge is 2.09. The molecule has 2 aromatic heterocycles. The van der Waals surface area contributed by atoms with Crippen LogP contribution in [-0.4, -0.2) is 31.3 Å². The van der Waals surface area contributed by atoms with Gasteiger partial charge in [-0.3, -0.25) is 14.4 Å². The molecule has 0 saturated heterocycles. The van der Waals surface area contributed by atoms with Crippen molar-refractivity contribution in [1.82, 2.24) is 25.4 Å². The molecule has 0 aliphatic heterocycles. The van der Waals surface area contributed by atoms with Crippen molar-refractivity contribution in [3.63, 3.8) is 0 Å². The zero-order chi connectivity index (χ0) is 14.1. The molecule has 0 saturated carbocycles. The van der Waals surface area contributed by atoms with Gasteiger partial charge in [0.05, 0.1) is 17.2 Å². The number of aromatic amines is 3. The molecule has 0 spiro atoms. The van der Waals surface area contributed by atoms with Crippen LogP contribution in [0.15, 0.2) is 34.0 Å². The number of benzene rings is 1. The van der Waals surface area contributed by atoms with E-state index < -0.39 is 17.0 Å². The number of hydrogen-bond acceptors (Lipinski definition) is 5. The average molecular weight is 272 g/mol. The molecule has 3 aromatic rings. The van der Waals surface area contributed by atoms with Crippen LogP contribution in [0.4, 0.5) is 5.69 Å². The Labute approximate surface area is 110 Å². The third kappa shape index (κ3) is 2.07. The number of hydrogen-bond donors (Lipinski definition) is 4. The molecule has 0 unspecified atom stereocenters. The number of nitrogens with one attached hydrogen (secondary N) is 4. The lowest BCUT2D eigenvalue weighted by Gasteiger charge is -2.04. The normalized spacial score (nSPS) is 10.6. The van der Waals surface area contributed by atoms with E-state index >= 15 is 0 Å². The molecule has 4 N–H and O–H groups in total. The van der Waals surface area contributed by atoms with Gasteiger partial charge in [0, 0.05) is 5.69 Å². The van der Waals surface area contributed by atoms with E-state index in [0.717, 1.165) is 0 Å². The standard InChI is InChI=1S/C11H8N6O3/c18-9(8-4-12-17-16-8)13-5-1-2-6-7(3-5)15-11(20)10(19)14-6/h1-4H,(H,13,18)(H,14,19)(H,15,20)(H,12,16,17). The summed E-state index contributed by atoms with van der Waals surface area (Å²) >= 11 is 0. The molecule has 0 radical (unpaired) electrons. The Balaban J connectivity index is 1.97. The second-order valence-corrected chi connectivity index (χ2v) is 3.98. The molecule has 1 amide bonds. The van der Waals surface area contributed by atoms with Crippen LogP contribution in [0.2, 0.25) is 0 Å². The van der Waals surface area contributed by atoms with Crippen LogP contribution in [0.3, 0.4) is 0 Å². The van der Waals surface area contributed by atoms with Crippen molar-refractivity contribution in [2.24, 2.45) is 0 Å². The number of carbonyl (C=O) groups is 1. The topological polar surface area (TPSA) is 136 Å². The highest BCUT2D eigenvalue weighted by molar-refractivity contribution is 6.03. The summed E-state index contributed by atoms with van der Waals surface area (Å²) in [5, 5.41) is 12.1. The Hall–Kier alpha value is -3.23. The number of H-pyrrole nitrogens is 3. The molecular formula is C11H8N6O3. The van der Waals surface area contributed by atoms with Crippen LogP contribution in [0.25, 0.3) is 11.0 Å². The van der Waals surface area contributed by atoms with Gasteiger partial charge < -0.3 is 15.3 Å². The Morgan fingerprint density at radius 1 is 1.10 bits per heavy atom. The van der Waals surface area contributed by atoms with E-state index in [0.29, 0.717) is 16.7 Å². The number of carbonyl (C=O) groups excluding carboxylic acids is 1. The lowest BCUT2D eigenvalue weighted by Crippen LogP contribution is -2.28. The largest absolute Gasteiger partial charge is 0.320 e. The van der Waals surface area contributed by atoms with Crippen LogP contribution in [-0.2, 0) is 0 Å². The van der Waals surface area contributed by atoms with Gasteiger partial charge in [0.1, 0.15) is 0 Å². The van der Waals surface area contributed by atoms with Crippen LogP contribution in [0, 0.1) is 0 Å². The van der Waals surface area contributed by atoms with Gasteiger partial charge in [-0.05, 0) is 18.2 Å². The Morgan fingerprint density at radius 3 is 2.55 bits per heavy atom. The van der Waals surface area contributed by atoms with Crippen molar-refractivity contribution < 1.29 is 4.79 Å². The molecule has 2 heterocycles. The third-order valence-electron chi connectivity index (χ3n) is 2.63. The molecule has 0 atom stereocenters. The summed E-state index contributed by atoms with van der Waals surface area (Å²) in [7, 11) is 0. The molecular weight excluding hydrogens is 264 g/mol. The summed E-state index contributed by atoms with van der Waals surface area (Å²) in [5.74, 6) is -0.440. The highest BCUT2D eigenvalue weighted by atomic mass is 16.2. The fourth-order valence-electron chi connectivity index (χ4n) is 1.70. The number of nitrogens with zero attached hydrogens (tertiary/aromatic N) is 2. The zero-order valence-corrected chi connectivity index (χ0v) is 9.93. The van der Waals surface area contributed by atoms with Crippen molar-refractivity contribution in [1.29, 1.82) is 0 Å². The molecule has 9 heteroatoms. The number of fused-ring (bicyclic) bond motifs is 1. The van der Waals surface area contributed by atoms with Gasteiger partial charge in [0.2, 0.25) is 0 Å². The predicted octanol–water partition coefficient (Wildman–Crippen LogP) is -0.413. The molecule has 100 valence electrons. The second-order valence-electron chi connectivity index (χ2n) is 3.98. The maximum Gasteiger partial charge on any atom is 0.314 e. The number of aromatic nitrogens is 5. The van der Waals surface area contributed by atoms with E-state index in [1.165, 1.54) is 12.3 Å². The third-order valence-corrected chi connectivity index (χ3v) is 2.63.